The lowest BCUT2D eigenvalue weighted by Gasteiger charge is -2.03. The molecule has 16 heavy (non-hydrogen) atoms. The smallest absolute Gasteiger partial charge is 0.176 e. The zero-order chi connectivity index (χ0) is 11.4. The average molecular weight is 272 g/mol. The molecule has 0 aromatic carbocycles. The molecule has 0 aliphatic heterocycles. The van der Waals surface area contributed by atoms with Gasteiger partial charge in [-0.1, -0.05) is 11.8 Å². The monoisotopic (exact) mass is 272 g/mol. The summed E-state index contributed by atoms with van der Waals surface area (Å²) >= 11 is 5.09. The fourth-order valence-electron chi connectivity index (χ4n) is 1.22. The van der Waals surface area contributed by atoms with Crippen LogP contribution < -0.4 is 5.32 Å². The second-order valence-electron chi connectivity index (χ2n) is 2.98. The molecule has 2 heterocycles. The molecule has 4 nitrogen and oxygen atoms in total. The quantitative estimate of drug-likeness (QED) is 0.667. The molecule has 0 atom stereocenters. The van der Waals surface area contributed by atoms with Crippen LogP contribution in [0.15, 0.2) is 10.7 Å². The molecule has 0 saturated heterocycles. The maximum Gasteiger partial charge on any atom is 0.176 e. The maximum absolute atomic E-state index is 4.41. The molecule has 0 amide bonds. The van der Waals surface area contributed by atoms with Gasteiger partial charge in [0.05, 0.1) is 0 Å². The Morgan fingerprint density at radius 1 is 1.38 bits per heavy atom. The van der Waals surface area contributed by atoms with Crippen LogP contribution in [0.25, 0.3) is 10.3 Å². The maximum atomic E-state index is 4.41. The van der Waals surface area contributed by atoms with E-state index in [4.69, 9.17) is 0 Å². The van der Waals surface area contributed by atoms with E-state index in [2.05, 4.69) is 26.5 Å². The number of hydrogen-bond acceptors (Lipinski definition) is 7. The minimum Gasteiger partial charge on any atom is -0.368 e. The standard InChI is InChI=1S/C9H12N4S3/c1-14-4-3-10-7-6-8(12-5-11-7)13-9(15-2)16-6/h5H,3-4H2,1-2H3,(H,10,11,12). The first-order valence-corrected chi connectivity index (χ1v) is 8.17. The van der Waals surface area contributed by atoms with Gasteiger partial charge in [0.25, 0.3) is 0 Å². The van der Waals surface area contributed by atoms with E-state index in [9.17, 15) is 0 Å². The molecule has 0 bridgehead atoms. The van der Waals surface area contributed by atoms with E-state index in [0.717, 1.165) is 32.8 Å². The van der Waals surface area contributed by atoms with E-state index in [1.807, 2.05) is 18.0 Å². The Bertz CT molecular complexity index is 471. The summed E-state index contributed by atoms with van der Waals surface area (Å²) in [6.45, 7) is 0.916. The van der Waals surface area contributed by atoms with Crippen molar-refractivity contribution in [1.29, 1.82) is 0 Å². The topological polar surface area (TPSA) is 50.7 Å². The lowest BCUT2D eigenvalue weighted by atomic mass is 10.5. The lowest BCUT2D eigenvalue weighted by molar-refractivity contribution is 1.13. The van der Waals surface area contributed by atoms with Gasteiger partial charge >= 0.3 is 0 Å². The van der Waals surface area contributed by atoms with E-state index in [1.54, 1.807) is 29.4 Å². The van der Waals surface area contributed by atoms with Crippen molar-refractivity contribution in [3.05, 3.63) is 6.33 Å². The van der Waals surface area contributed by atoms with E-state index in [-0.39, 0.29) is 0 Å². The summed E-state index contributed by atoms with van der Waals surface area (Å²) in [5.74, 6) is 1.97. The SMILES string of the molecule is CSCCNc1ncnc2nc(SC)sc12. The largest absolute Gasteiger partial charge is 0.368 e. The predicted molar refractivity (Wildman–Crippen MR) is 73.9 cm³/mol. The fraction of sp³-hybridized carbons (Fsp3) is 0.444. The predicted octanol–water partition coefficient (Wildman–Crippen LogP) is 2.58. The number of aromatic nitrogens is 3. The Morgan fingerprint density at radius 3 is 3.00 bits per heavy atom. The van der Waals surface area contributed by atoms with Crippen molar-refractivity contribution in [3.63, 3.8) is 0 Å². The highest BCUT2D eigenvalue weighted by atomic mass is 32.2. The van der Waals surface area contributed by atoms with Crippen LogP contribution in [0.4, 0.5) is 5.82 Å². The zero-order valence-corrected chi connectivity index (χ0v) is 11.5. The molecular weight excluding hydrogens is 260 g/mol. The Balaban J connectivity index is 2.26. The van der Waals surface area contributed by atoms with Gasteiger partial charge in [-0.25, -0.2) is 15.0 Å². The van der Waals surface area contributed by atoms with Crippen LogP contribution in [0.5, 0.6) is 0 Å². The van der Waals surface area contributed by atoms with Crippen molar-refractivity contribution in [2.45, 2.75) is 4.34 Å². The summed E-state index contributed by atoms with van der Waals surface area (Å²) in [7, 11) is 0. The third-order valence-electron chi connectivity index (χ3n) is 1.94. The number of fused-ring (bicyclic) bond motifs is 1. The minimum absolute atomic E-state index is 0.788. The number of nitrogens with one attached hydrogen (secondary N) is 1. The molecule has 2 aromatic heterocycles. The number of rotatable bonds is 5. The van der Waals surface area contributed by atoms with Crippen molar-refractivity contribution in [2.75, 3.05) is 30.1 Å². The summed E-state index contributed by atoms with van der Waals surface area (Å²) in [6.07, 6.45) is 5.68. The van der Waals surface area contributed by atoms with Crippen molar-refractivity contribution in [1.82, 2.24) is 15.0 Å². The van der Waals surface area contributed by atoms with Crippen LogP contribution in [0.1, 0.15) is 0 Å². The Labute approximate surface area is 107 Å². The van der Waals surface area contributed by atoms with Crippen molar-refractivity contribution >= 4 is 51.0 Å². The molecule has 0 unspecified atom stereocenters. The lowest BCUT2D eigenvalue weighted by Crippen LogP contribution is -2.05. The average Bonchev–Trinajstić information content (AvgIpc) is 2.73. The Morgan fingerprint density at radius 2 is 2.25 bits per heavy atom. The van der Waals surface area contributed by atoms with Gasteiger partial charge in [0.15, 0.2) is 9.99 Å². The van der Waals surface area contributed by atoms with Crippen LogP contribution in [-0.4, -0.2) is 39.8 Å². The second kappa shape index (κ2) is 5.70. The summed E-state index contributed by atoms with van der Waals surface area (Å²) in [5.41, 5.74) is 0.788. The highest BCUT2D eigenvalue weighted by Gasteiger charge is 2.09. The molecule has 1 N–H and O–H groups in total. The van der Waals surface area contributed by atoms with Gasteiger partial charge in [-0.3, -0.25) is 0 Å². The highest BCUT2D eigenvalue weighted by molar-refractivity contribution is 8.00. The molecule has 0 fully saturated rings. The number of thiazole rings is 1. The van der Waals surface area contributed by atoms with Crippen LogP contribution in [0, 0.1) is 0 Å². The third kappa shape index (κ3) is 2.58. The third-order valence-corrected chi connectivity index (χ3v) is 4.59. The van der Waals surface area contributed by atoms with Crippen molar-refractivity contribution in [2.24, 2.45) is 0 Å². The van der Waals surface area contributed by atoms with Gasteiger partial charge in [-0.15, -0.1) is 11.3 Å². The first-order valence-electron chi connectivity index (χ1n) is 4.73. The van der Waals surface area contributed by atoms with Crippen molar-refractivity contribution in [3.8, 4) is 0 Å². The Kier molecular flexibility index (Phi) is 4.25. The van der Waals surface area contributed by atoms with E-state index in [1.165, 1.54) is 0 Å². The molecule has 2 rings (SSSR count). The zero-order valence-electron chi connectivity index (χ0n) is 9.06. The normalized spacial score (nSPS) is 10.9. The molecule has 86 valence electrons. The molecule has 2 aromatic rings. The number of nitrogens with zero attached hydrogens (tertiary/aromatic N) is 3. The minimum atomic E-state index is 0.788. The van der Waals surface area contributed by atoms with Gasteiger partial charge < -0.3 is 5.32 Å². The fourth-order valence-corrected chi connectivity index (χ4v) is 3.00. The molecule has 0 saturated carbocycles. The summed E-state index contributed by atoms with van der Waals surface area (Å²) in [5, 5.41) is 3.32. The summed E-state index contributed by atoms with van der Waals surface area (Å²) in [4.78, 5) is 12.8. The molecule has 0 aliphatic rings. The van der Waals surface area contributed by atoms with Crippen LogP contribution in [0.2, 0.25) is 0 Å². The summed E-state index contributed by atoms with van der Waals surface area (Å²) < 4.78 is 2.08. The second-order valence-corrected chi connectivity index (χ2v) is 6.02. The number of thioether (sulfide) groups is 2. The number of hydrogen-bond donors (Lipinski definition) is 1. The Hall–Kier alpha value is -0.530. The number of anilines is 1. The van der Waals surface area contributed by atoms with Gasteiger partial charge in [-0.05, 0) is 12.5 Å². The highest BCUT2D eigenvalue weighted by Crippen LogP contribution is 2.30. The summed E-state index contributed by atoms with van der Waals surface area (Å²) in [6, 6.07) is 0. The molecule has 0 spiro atoms. The molecule has 0 radical (unpaired) electrons. The van der Waals surface area contributed by atoms with Crippen molar-refractivity contribution < 1.29 is 0 Å². The van der Waals surface area contributed by atoms with Crippen LogP contribution >= 0.6 is 34.9 Å². The van der Waals surface area contributed by atoms with Gasteiger partial charge in [0.1, 0.15) is 16.8 Å². The molecule has 7 heteroatoms. The van der Waals surface area contributed by atoms with Gasteiger partial charge in [-0.2, -0.15) is 11.8 Å². The first-order chi connectivity index (χ1) is 7.85. The van der Waals surface area contributed by atoms with E-state index < -0.39 is 0 Å². The van der Waals surface area contributed by atoms with Gasteiger partial charge in [0, 0.05) is 12.3 Å². The van der Waals surface area contributed by atoms with Crippen LogP contribution in [0.3, 0.4) is 0 Å². The first kappa shape index (κ1) is 11.9. The van der Waals surface area contributed by atoms with E-state index >= 15 is 0 Å². The van der Waals surface area contributed by atoms with Gasteiger partial charge in [0.2, 0.25) is 0 Å². The molecule has 0 aliphatic carbocycles. The van der Waals surface area contributed by atoms with Crippen LogP contribution in [-0.2, 0) is 0 Å². The molecular formula is C9H12N4S3. The van der Waals surface area contributed by atoms with E-state index in [0.29, 0.717) is 0 Å².